The number of aromatic nitrogens is 2. The van der Waals surface area contributed by atoms with E-state index in [1.54, 1.807) is 26.0 Å². The largest absolute Gasteiger partial charge is 0.493 e. The minimum atomic E-state index is 0.717. The van der Waals surface area contributed by atoms with Crippen LogP contribution in [0.25, 0.3) is 11.0 Å². The van der Waals surface area contributed by atoms with Crippen LogP contribution in [0.2, 0.25) is 0 Å². The fourth-order valence-electron chi connectivity index (χ4n) is 3.17. The van der Waals surface area contributed by atoms with Crippen LogP contribution < -0.4 is 14.4 Å². The van der Waals surface area contributed by atoms with Crippen LogP contribution in [0.15, 0.2) is 52.4 Å². The van der Waals surface area contributed by atoms with Crippen molar-refractivity contribution in [1.29, 1.82) is 0 Å². The second-order valence-electron chi connectivity index (χ2n) is 6.15. The maximum atomic E-state index is 5.43. The van der Waals surface area contributed by atoms with Gasteiger partial charge in [0.1, 0.15) is 5.03 Å². The number of hydrogen-bond donors (Lipinski definition) is 0. The van der Waals surface area contributed by atoms with Crippen molar-refractivity contribution in [3.05, 3.63) is 42.5 Å². The van der Waals surface area contributed by atoms with E-state index in [0.717, 1.165) is 45.6 Å². The fraction of sp³-hybridized carbons (Fsp3) is 0.300. The van der Waals surface area contributed by atoms with Crippen molar-refractivity contribution in [2.45, 2.75) is 22.8 Å². The summed E-state index contributed by atoms with van der Waals surface area (Å²) in [5.74, 6) is 2.41. The molecule has 4 rings (SSSR count). The lowest BCUT2D eigenvalue weighted by molar-refractivity contribution is 0.354. The van der Waals surface area contributed by atoms with Crippen molar-refractivity contribution in [1.82, 2.24) is 9.97 Å². The third-order valence-corrected chi connectivity index (χ3v) is 5.45. The molecule has 2 aromatic carbocycles. The van der Waals surface area contributed by atoms with Crippen LogP contribution in [0.1, 0.15) is 12.8 Å². The number of ether oxygens (including phenoxy) is 2. The third kappa shape index (κ3) is 3.29. The molecule has 0 spiro atoms. The smallest absolute Gasteiger partial charge is 0.162 e. The molecule has 1 aliphatic heterocycles. The summed E-state index contributed by atoms with van der Waals surface area (Å²) in [6.45, 7) is 2.07. The maximum Gasteiger partial charge on any atom is 0.162 e. The standard InChI is InChI=1S/C20H21N3O2S/c1-24-17-10-9-14(13-18(17)25-2)26-20-19(23-11-5-6-12-23)21-15-7-3-4-8-16(15)22-20/h3-4,7-10,13H,5-6,11-12H2,1-2H3. The Kier molecular flexibility index (Phi) is 4.84. The van der Waals surface area contributed by atoms with Gasteiger partial charge in [-0.05, 0) is 43.2 Å². The second-order valence-corrected chi connectivity index (χ2v) is 7.22. The number of rotatable bonds is 5. The number of benzene rings is 2. The molecule has 1 saturated heterocycles. The first-order chi connectivity index (χ1) is 12.8. The first kappa shape index (κ1) is 17.0. The Morgan fingerprint density at radius 3 is 2.27 bits per heavy atom. The van der Waals surface area contributed by atoms with Crippen molar-refractivity contribution in [3.8, 4) is 11.5 Å². The minimum Gasteiger partial charge on any atom is -0.493 e. The van der Waals surface area contributed by atoms with Crippen LogP contribution in [0.3, 0.4) is 0 Å². The first-order valence-corrected chi connectivity index (χ1v) is 9.52. The van der Waals surface area contributed by atoms with Gasteiger partial charge >= 0.3 is 0 Å². The molecule has 0 bridgehead atoms. The quantitative estimate of drug-likeness (QED) is 0.666. The SMILES string of the molecule is COc1ccc(Sc2nc3ccccc3nc2N2CCCC2)cc1OC. The predicted molar refractivity (Wildman–Crippen MR) is 105 cm³/mol. The number of methoxy groups -OCH3 is 2. The van der Waals surface area contributed by atoms with E-state index in [1.165, 1.54) is 12.8 Å². The topological polar surface area (TPSA) is 47.5 Å². The Labute approximate surface area is 157 Å². The van der Waals surface area contributed by atoms with E-state index < -0.39 is 0 Å². The lowest BCUT2D eigenvalue weighted by atomic mass is 10.3. The summed E-state index contributed by atoms with van der Waals surface area (Å²) in [5.41, 5.74) is 1.85. The molecule has 5 nitrogen and oxygen atoms in total. The zero-order valence-corrected chi connectivity index (χ0v) is 15.8. The van der Waals surface area contributed by atoms with Crippen LogP contribution >= 0.6 is 11.8 Å². The van der Waals surface area contributed by atoms with E-state index in [9.17, 15) is 0 Å². The highest BCUT2D eigenvalue weighted by atomic mass is 32.2. The lowest BCUT2D eigenvalue weighted by Crippen LogP contribution is -2.20. The van der Waals surface area contributed by atoms with Crippen LogP contribution in [0, 0.1) is 0 Å². The van der Waals surface area contributed by atoms with Gasteiger partial charge < -0.3 is 14.4 Å². The molecule has 2 heterocycles. The van der Waals surface area contributed by atoms with E-state index in [0.29, 0.717) is 5.75 Å². The second kappa shape index (κ2) is 7.41. The normalized spacial score (nSPS) is 14.0. The van der Waals surface area contributed by atoms with Gasteiger partial charge in [0, 0.05) is 18.0 Å². The van der Waals surface area contributed by atoms with Gasteiger partial charge in [-0.2, -0.15) is 0 Å². The summed E-state index contributed by atoms with van der Waals surface area (Å²) in [6, 6.07) is 14.0. The Bertz CT molecular complexity index is 926. The monoisotopic (exact) mass is 367 g/mol. The molecular formula is C20H21N3O2S. The molecule has 0 unspecified atom stereocenters. The molecule has 0 radical (unpaired) electrons. The summed E-state index contributed by atoms with van der Waals surface area (Å²) in [5, 5.41) is 0.929. The van der Waals surface area contributed by atoms with Crippen LogP contribution in [0.5, 0.6) is 11.5 Å². The average molecular weight is 367 g/mol. The van der Waals surface area contributed by atoms with Crippen molar-refractivity contribution in [2.24, 2.45) is 0 Å². The zero-order chi connectivity index (χ0) is 17.9. The van der Waals surface area contributed by atoms with Crippen LogP contribution in [-0.4, -0.2) is 37.3 Å². The van der Waals surface area contributed by atoms with E-state index >= 15 is 0 Å². The van der Waals surface area contributed by atoms with Gasteiger partial charge in [-0.3, -0.25) is 0 Å². The summed E-state index contributed by atoms with van der Waals surface area (Å²) in [4.78, 5) is 13.2. The number of hydrogen-bond acceptors (Lipinski definition) is 6. The molecule has 26 heavy (non-hydrogen) atoms. The molecule has 1 aromatic heterocycles. The first-order valence-electron chi connectivity index (χ1n) is 8.70. The number of anilines is 1. The average Bonchev–Trinajstić information content (AvgIpc) is 3.22. The zero-order valence-electron chi connectivity index (χ0n) is 14.9. The Morgan fingerprint density at radius 2 is 1.58 bits per heavy atom. The highest BCUT2D eigenvalue weighted by molar-refractivity contribution is 7.99. The molecule has 1 aliphatic rings. The predicted octanol–water partition coefficient (Wildman–Crippen LogP) is 4.40. The van der Waals surface area contributed by atoms with Crippen molar-refractivity contribution in [2.75, 3.05) is 32.2 Å². The van der Waals surface area contributed by atoms with Gasteiger partial charge in [-0.15, -0.1) is 0 Å². The lowest BCUT2D eigenvalue weighted by Gasteiger charge is -2.20. The van der Waals surface area contributed by atoms with Gasteiger partial charge in [0.15, 0.2) is 17.3 Å². The van der Waals surface area contributed by atoms with Gasteiger partial charge in [-0.1, -0.05) is 23.9 Å². The van der Waals surface area contributed by atoms with E-state index in [4.69, 9.17) is 19.4 Å². The highest BCUT2D eigenvalue weighted by Crippen LogP contribution is 2.38. The minimum absolute atomic E-state index is 0.717. The van der Waals surface area contributed by atoms with Gasteiger partial charge in [-0.25, -0.2) is 9.97 Å². The molecule has 0 aliphatic carbocycles. The summed E-state index contributed by atoms with van der Waals surface area (Å²) < 4.78 is 10.8. The summed E-state index contributed by atoms with van der Waals surface area (Å²) >= 11 is 1.61. The van der Waals surface area contributed by atoms with E-state index in [1.807, 2.05) is 42.5 Å². The molecule has 134 valence electrons. The Morgan fingerprint density at radius 1 is 0.885 bits per heavy atom. The molecular weight excluding hydrogens is 346 g/mol. The van der Waals surface area contributed by atoms with Crippen molar-refractivity contribution in [3.63, 3.8) is 0 Å². The third-order valence-electron chi connectivity index (χ3n) is 4.50. The Hall–Kier alpha value is -2.47. The van der Waals surface area contributed by atoms with Gasteiger partial charge in [0.2, 0.25) is 0 Å². The molecule has 1 fully saturated rings. The number of nitrogens with zero attached hydrogens (tertiary/aromatic N) is 3. The molecule has 0 N–H and O–H groups in total. The molecule has 0 atom stereocenters. The maximum absolute atomic E-state index is 5.43. The van der Waals surface area contributed by atoms with Gasteiger partial charge in [0.05, 0.1) is 25.3 Å². The van der Waals surface area contributed by atoms with E-state index in [-0.39, 0.29) is 0 Å². The fourth-order valence-corrected chi connectivity index (χ4v) is 4.10. The number of fused-ring (bicyclic) bond motifs is 1. The van der Waals surface area contributed by atoms with Crippen molar-refractivity contribution < 1.29 is 9.47 Å². The Balaban J connectivity index is 1.75. The van der Waals surface area contributed by atoms with Gasteiger partial charge in [0.25, 0.3) is 0 Å². The van der Waals surface area contributed by atoms with Crippen LogP contribution in [-0.2, 0) is 0 Å². The van der Waals surface area contributed by atoms with Crippen LogP contribution in [0.4, 0.5) is 5.82 Å². The summed E-state index contributed by atoms with van der Waals surface area (Å²) in [7, 11) is 3.29. The van der Waals surface area contributed by atoms with Crippen molar-refractivity contribution >= 4 is 28.6 Å². The molecule has 0 saturated carbocycles. The summed E-state index contributed by atoms with van der Waals surface area (Å²) in [6.07, 6.45) is 2.41. The highest BCUT2D eigenvalue weighted by Gasteiger charge is 2.20. The molecule has 0 amide bonds. The number of para-hydroxylation sites is 2. The molecule has 6 heteroatoms. The molecule has 3 aromatic rings. The van der Waals surface area contributed by atoms with E-state index in [2.05, 4.69) is 4.90 Å².